The third kappa shape index (κ3) is 6.29. The van der Waals surface area contributed by atoms with Gasteiger partial charge in [0.05, 0.1) is 19.3 Å². The summed E-state index contributed by atoms with van der Waals surface area (Å²) in [5.41, 5.74) is 3.47. The highest BCUT2D eigenvalue weighted by Gasteiger charge is 2.26. The van der Waals surface area contributed by atoms with Gasteiger partial charge in [-0.15, -0.1) is 0 Å². The minimum atomic E-state index is -0.0738. The number of fused-ring (bicyclic) bond motifs is 1. The van der Waals surface area contributed by atoms with Crippen LogP contribution in [-0.2, 0) is 16.1 Å². The number of pyridine rings is 1. The molecule has 3 heterocycles. The molecule has 188 valence electrons. The molecule has 1 fully saturated rings. The van der Waals surface area contributed by atoms with Gasteiger partial charge in [-0.05, 0) is 29.3 Å². The fourth-order valence-corrected chi connectivity index (χ4v) is 4.98. The first kappa shape index (κ1) is 24.4. The van der Waals surface area contributed by atoms with Crippen LogP contribution in [0.2, 0.25) is 0 Å². The lowest BCUT2D eigenvalue weighted by molar-refractivity contribution is -0.121. The van der Waals surface area contributed by atoms with Gasteiger partial charge in [0.2, 0.25) is 5.91 Å². The van der Waals surface area contributed by atoms with E-state index < -0.39 is 0 Å². The SMILES string of the molecule is O=C(CCN1Cc2ccccc2O[C@H](c2ccccc2)C1)NC[C@@H](c1ccncc1)N1CCOCC1. The van der Waals surface area contributed by atoms with Crippen molar-refractivity contribution in [1.29, 1.82) is 0 Å². The Morgan fingerprint density at radius 1 is 1.00 bits per heavy atom. The molecule has 1 saturated heterocycles. The van der Waals surface area contributed by atoms with E-state index >= 15 is 0 Å². The molecule has 5 rings (SSSR count). The van der Waals surface area contributed by atoms with E-state index in [1.54, 1.807) is 0 Å². The molecule has 1 amide bonds. The molecule has 7 heteroatoms. The first-order valence-electron chi connectivity index (χ1n) is 12.8. The molecule has 0 radical (unpaired) electrons. The van der Waals surface area contributed by atoms with Crippen molar-refractivity contribution in [2.45, 2.75) is 25.1 Å². The van der Waals surface area contributed by atoms with Gasteiger partial charge in [-0.25, -0.2) is 0 Å². The molecule has 0 unspecified atom stereocenters. The van der Waals surface area contributed by atoms with Crippen molar-refractivity contribution in [2.24, 2.45) is 0 Å². The number of aromatic nitrogens is 1. The third-order valence-corrected chi connectivity index (χ3v) is 6.96. The van der Waals surface area contributed by atoms with Gasteiger partial charge in [-0.3, -0.25) is 19.6 Å². The van der Waals surface area contributed by atoms with E-state index in [4.69, 9.17) is 9.47 Å². The molecule has 2 aliphatic heterocycles. The number of carbonyl (C=O) groups excluding carboxylic acids is 1. The number of nitrogens with one attached hydrogen (secondary N) is 1. The van der Waals surface area contributed by atoms with Crippen molar-refractivity contribution in [3.05, 3.63) is 95.8 Å². The molecule has 2 atom stereocenters. The average Bonchev–Trinajstić information content (AvgIpc) is 3.13. The van der Waals surface area contributed by atoms with Crippen LogP contribution in [0.1, 0.15) is 35.3 Å². The van der Waals surface area contributed by atoms with Crippen LogP contribution in [-0.4, -0.2) is 66.6 Å². The van der Waals surface area contributed by atoms with Crippen molar-refractivity contribution in [3.63, 3.8) is 0 Å². The molecule has 0 spiro atoms. The minimum Gasteiger partial charge on any atom is -0.484 e. The van der Waals surface area contributed by atoms with E-state index in [9.17, 15) is 4.79 Å². The third-order valence-electron chi connectivity index (χ3n) is 6.96. The highest BCUT2D eigenvalue weighted by Crippen LogP contribution is 2.31. The molecule has 7 nitrogen and oxygen atoms in total. The molecule has 0 aliphatic carbocycles. The van der Waals surface area contributed by atoms with E-state index in [2.05, 4.69) is 38.3 Å². The number of hydrogen-bond donors (Lipinski definition) is 1. The maximum absolute atomic E-state index is 13.0. The van der Waals surface area contributed by atoms with Gasteiger partial charge < -0.3 is 14.8 Å². The largest absolute Gasteiger partial charge is 0.484 e. The zero-order valence-corrected chi connectivity index (χ0v) is 20.6. The van der Waals surface area contributed by atoms with Crippen molar-refractivity contribution in [3.8, 4) is 5.75 Å². The van der Waals surface area contributed by atoms with Gasteiger partial charge in [0, 0.05) is 63.6 Å². The lowest BCUT2D eigenvalue weighted by atomic mass is 10.1. The Kier molecular flexibility index (Phi) is 8.23. The van der Waals surface area contributed by atoms with Crippen molar-refractivity contribution >= 4 is 5.91 Å². The predicted molar refractivity (Wildman–Crippen MR) is 139 cm³/mol. The normalized spacial score (nSPS) is 19.5. The number of rotatable bonds is 8. The van der Waals surface area contributed by atoms with Crippen molar-refractivity contribution in [2.75, 3.05) is 45.9 Å². The van der Waals surface area contributed by atoms with E-state index in [0.717, 1.165) is 56.3 Å². The summed E-state index contributed by atoms with van der Waals surface area (Å²) < 4.78 is 11.9. The molecule has 1 N–H and O–H groups in total. The van der Waals surface area contributed by atoms with Crippen LogP contribution in [0.3, 0.4) is 0 Å². The highest BCUT2D eigenvalue weighted by molar-refractivity contribution is 5.76. The summed E-state index contributed by atoms with van der Waals surface area (Å²) in [6.07, 6.45) is 3.99. The molecule has 0 saturated carbocycles. The lowest BCUT2D eigenvalue weighted by Crippen LogP contribution is -2.44. The summed E-state index contributed by atoms with van der Waals surface area (Å²) in [5, 5.41) is 3.20. The zero-order valence-electron chi connectivity index (χ0n) is 20.6. The Bertz CT molecular complexity index is 1110. The number of carbonyl (C=O) groups is 1. The fraction of sp³-hybridized carbons (Fsp3) is 0.379. The number of para-hydroxylation sites is 1. The number of nitrogens with zero attached hydrogens (tertiary/aromatic N) is 3. The summed E-state index contributed by atoms with van der Waals surface area (Å²) in [6, 6.07) is 22.7. The van der Waals surface area contributed by atoms with Gasteiger partial charge in [0.15, 0.2) is 0 Å². The molecular weight excluding hydrogens is 452 g/mol. The summed E-state index contributed by atoms with van der Waals surface area (Å²) in [6.45, 7) is 5.90. The first-order valence-corrected chi connectivity index (χ1v) is 12.8. The monoisotopic (exact) mass is 486 g/mol. The maximum Gasteiger partial charge on any atom is 0.221 e. The van der Waals surface area contributed by atoms with Crippen LogP contribution in [0, 0.1) is 0 Å². The molecular formula is C29H34N4O3. The van der Waals surface area contributed by atoms with Gasteiger partial charge in [-0.1, -0.05) is 48.5 Å². The Morgan fingerprint density at radius 2 is 1.75 bits per heavy atom. The van der Waals surface area contributed by atoms with Crippen LogP contribution in [0.25, 0.3) is 0 Å². The van der Waals surface area contributed by atoms with Crippen LogP contribution in [0.5, 0.6) is 5.75 Å². The second kappa shape index (κ2) is 12.1. The Labute approximate surface area is 213 Å². The van der Waals surface area contributed by atoms with Crippen LogP contribution < -0.4 is 10.1 Å². The first-order chi connectivity index (χ1) is 17.8. The van der Waals surface area contributed by atoms with Crippen LogP contribution in [0.4, 0.5) is 0 Å². The standard InChI is InChI=1S/C29H34N4O3/c34-29(31-20-26(23-10-13-30-14-11-23)33-16-18-35-19-17-33)12-15-32-21-25-8-4-5-9-27(25)36-28(22-32)24-6-2-1-3-7-24/h1-11,13-14,26,28H,12,15-22H2,(H,31,34)/t26-,28-/m0/s1. The number of morpholine rings is 1. The number of benzene rings is 2. The fourth-order valence-electron chi connectivity index (χ4n) is 4.98. The molecule has 3 aromatic rings. The Balaban J connectivity index is 1.21. The van der Waals surface area contributed by atoms with E-state index in [1.165, 1.54) is 5.56 Å². The topological polar surface area (TPSA) is 66.9 Å². The molecule has 2 aromatic carbocycles. The van der Waals surface area contributed by atoms with E-state index in [1.807, 2.05) is 60.9 Å². The molecule has 36 heavy (non-hydrogen) atoms. The Morgan fingerprint density at radius 3 is 2.56 bits per heavy atom. The smallest absolute Gasteiger partial charge is 0.221 e. The summed E-state index contributed by atoms with van der Waals surface area (Å²) in [7, 11) is 0. The summed E-state index contributed by atoms with van der Waals surface area (Å²) in [4.78, 5) is 21.8. The quantitative estimate of drug-likeness (QED) is 0.525. The summed E-state index contributed by atoms with van der Waals surface area (Å²) in [5.74, 6) is 0.987. The predicted octanol–water partition coefficient (Wildman–Crippen LogP) is 3.60. The van der Waals surface area contributed by atoms with Gasteiger partial charge in [-0.2, -0.15) is 0 Å². The summed E-state index contributed by atoms with van der Waals surface area (Å²) >= 11 is 0. The van der Waals surface area contributed by atoms with Gasteiger partial charge in [0.25, 0.3) is 0 Å². The molecule has 2 aliphatic rings. The Hall–Kier alpha value is -3.26. The number of hydrogen-bond acceptors (Lipinski definition) is 6. The van der Waals surface area contributed by atoms with Crippen LogP contribution >= 0.6 is 0 Å². The number of amides is 1. The molecule has 1 aromatic heterocycles. The lowest BCUT2D eigenvalue weighted by Gasteiger charge is -2.35. The highest BCUT2D eigenvalue weighted by atomic mass is 16.5. The molecule has 0 bridgehead atoms. The average molecular weight is 487 g/mol. The van der Waals surface area contributed by atoms with Crippen LogP contribution in [0.15, 0.2) is 79.1 Å². The second-order valence-corrected chi connectivity index (χ2v) is 9.36. The second-order valence-electron chi connectivity index (χ2n) is 9.36. The van der Waals surface area contributed by atoms with E-state index in [-0.39, 0.29) is 18.1 Å². The van der Waals surface area contributed by atoms with Gasteiger partial charge in [0.1, 0.15) is 11.9 Å². The number of ether oxygens (including phenoxy) is 2. The maximum atomic E-state index is 13.0. The zero-order chi connectivity index (χ0) is 24.6. The minimum absolute atomic E-state index is 0.0667. The van der Waals surface area contributed by atoms with Crippen molar-refractivity contribution in [1.82, 2.24) is 20.1 Å². The van der Waals surface area contributed by atoms with E-state index in [0.29, 0.717) is 19.5 Å². The van der Waals surface area contributed by atoms with Crippen molar-refractivity contribution < 1.29 is 14.3 Å². The van der Waals surface area contributed by atoms with Gasteiger partial charge >= 0.3 is 0 Å².